The van der Waals surface area contributed by atoms with Crippen LogP contribution in [-0.4, -0.2) is 34.6 Å². The van der Waals surface area contributed by atoms with E-state index >= 15 is 0 Å². The maximum Gasteiger partial charge on any atom is 0.416 e. The van der Waals surface area contributed by atoms with E-state index in [4.69, 9.17) is 9.47 Å². The van der Waals surface area contributed by atoms with E-state index in [-0.39, 0.29) is 22.0 Å². The highest BCUT2D eigenvalue weighted by molar-refractivity contribution is 7.93. The van der Waals surface area contributed by atoms with E-state index in [1.54, 1.807) is 32.0 Å². The third kappa shape index (κ3) is 6.28. The number of carbonyl (C=O) groups is 1. The van der Waals surface area contributed by atoms with Crippen LogP contribution in [0, 0.1) is 6.92 Å². The van der Waals surface area contributed by atoms with Crippen molar-refractivity contribution in [1.82, 2.24) is 0 Å². The summed E-state index contributed by atoms with van der Waals surface area (Å²) in [5, 5.41) is 2.35. The summed E-state index contributed by atoms with van der Waals surface area (Å²) >= 11 is 0. The van der Waals surface area contributed by atoms with Crippen molar-refractivity contribution in [3.63, 3.8) is 0 Å². The van der Waals surface area contributed by atoms with Crippen LogP contribution in [0.5, 0.6) is 11.5 Å². The van der Waals surface area contributed by atoms with Crippen LogP contribution in [0.4, 0.5) is 24.5 Å². The molecule has 36 heavy (non-hydrogen) atoms. The summed E-state index contributed by atoms with van der Waals surface area (Å²) in [7, 11) is -3.01. The zero-order chi connectivity index (χ0) is 26.5. The fourth-order valence-corrected chi connectivity index (χ4v) is 5.06. The Morgan fingerprint density at radius 2 is 1.72 bits per heavy atom. The van der Waals surface area contributed by atoms with Gasteiger partial charge in [-0.2, -0.15) is 13.2 Å². The van der Waals surface area contributed by atoms with Crippen LogP contribution in [0.25, 0.3) is 0 Å². The molecule has 3 rings (SSSR count). The molecule has 3 aromatic rings. The van der Waals surface area contributed by atoms with E-state index in [1.807, 2.05) is 0 Å². The molecular weight excluding hydrogens is 497 g/mol. The number of nitrogens with zero attached hydrogens (tertiary/aromatic N) is 1. The summed E-state index contributed by atoms with van der Waals surface area (Å²) in [6, 6.07) is 14.7. The minimum atomic E-state index is -4.60. The molecule has 1 amide bonds. The molecule has 7 nitrogen and oxygen atoms in total. The monoisotopic (exact) mass is 522 g/mol. The number of hydrogen-bond acceptors (Lipinski definition) is 5. The van der Waals surface area contributed by atoms with Gasteiger partial charge in [-0.05, 0) is 74.0 Å². The standard InChI is InChI=1S/C25H25F3N2O5S/c1-4-35-21-11-9-20(10-12-21)30(36(32,33)23-14-17(2)8-13-22(23)34-3)16-24(31)29-19-7-5-6-18(15-19)25(26,27)28/h5-15H,4,16H2,1-3H3,(H,29,31). The van der Waals surface area contributed by atoms with Crippen molar-refractivity contribution < 1.29 is 35.9 Å². The van der Waals surface area contributed by atoms with Gasteiger partial charge in [-0.25, -0.2) is 8.42 Å². The molecule has 0 aliphatic carbocycles. The topological polar surface area (TPSA) is 84.9 Å². The van der Waals surface area contributed by atoms with Crippen molar-refractivity contribution in [3.8, 4) is 11.5 Å². The predicted molar refractivity (Wildman–Crippen MR) is 130 cm³/mol. The quantitative estimate of drug-likeness (QED) is 0.415. The minimum absolute atomic E-state index is 0.0785. The van der Waals surface area contributed by atoms with Gasteiger partial charge in [0.15, 0.2) is 0 Å². The maximum absolute atomic E-state index is 13.7. The molecule has 0 saturated carbocycles. The van der Waals surface area contributed by atoms with Crippen molar-refractivity contribution >= 4 is 27.3 Å². The van der Waals surface area contributed by atoms with Gasteiger partial charge in [0.05, 0.1) is 25.0 Å². The van der Waals surface area contributed by atoms with Crippen LogP contribution < -0.4 is 19.1 Å². The van der Waals surface area contributed by atoms with Gasteiger partial charge in [0.1, 0.15) is 22.9 Å². The second kappa shape index (κ2) is 10.9. The summed E-state index contributed by atoms with van der Waals surface area (Å²) in [4.78, 5) is 12.7. The number of halogens is 3. The van der Waals surface area contributed by atoms with Crippen molar-refractivity contribution in [1.29, 1.82) is 0 Å². The Morgan fingerprint density at radius 3 is 2.33 bits per heavy atom. The van der Waals surface area contributed by atoms with E-state index < -0.39 is 34.2 Å². The number of amides is 1. The average molecular weight is 523 g/mol. The van der Waals surface area contributed by atoms with Gasteiger partial charge in [0.25, 0.3) is 10.0 Å². The molecule has 0 heterocycles. The van der Waals surface area contributed by atoms with E-state index in [1.165, 1.54) is 37.4 Å². The third-order valence-corrected chi connectivity index (χ3v) is 6.88. The van der Waals surface area contributed by atoms with Crippen LogP contribution in [0.2, 0.25) is 0 Å². The van der Waals surface area contributed by atoms with E-state index in [9.17, 15) is 26.4 Å². The number of nitrogens with one attached hydrogen (secondary N) is 1. The number of sulfonamides is 1. The van der Waals surface area contributed by atoms with Gasteiger partial charge >= 0.3 is 6.18 Å². The number of methoxy groups -OCH3 is 1. The van der Waals surface area contributed by atoms with E-state index in [0.29, 0.717) is 17.9 Å². The van der Waals surface area contributed by atoms with Crippen LogP contribution in [0.3, 0.4) is 0 Å². The maximum atomic E-state index is 13.7. The van der Waals surface area contributed by atoms with Crippen molar-refractivity contribution in [2.24, 2.45) is 0 Å². The van der Waals surface area contributed by atoms with E-state index in [2.05, 4.69) is 5.32 Å². The number of hydrogen-bond donors (Lipinski definition) is 1. The van der Waals surface area contributed by atoms with Crippen molar-refractivity contribution in [2.75, 3.05) is 29.9 Å². The lowest BCUT2D eigenvalue weighted by molar-refractivity contribution is -0.137. The van der Waals surface area contributed by atoms with E-state index in [0.717, 1.165) is 22.5 Å². The molecule has 0 atom stereocenters. The summed E-state index contributed by atoms with van der Waals surface area (Å²) in [5.41, 5.74) is -0.261. The van der Waals surface area contributed by atoms with Gasteiger partial charge in [0.2, 0.25) is 5.91 Å². The molecular formula is C25H25F3N2O5S. The summed E-state index contributed by atoms with van der Waals surface area (Å²) in [6.45, 7) is 3.21. The highest BCUT2D eigenvalue weighted by Gasteiger charge is 2.32. The Morgan fingerprint density at radius 1 is 1.03 bits per heavy atom. The zero-order valence-corrected chi connectivity index (χ0v) is 20.6. The minimum Gasteiger partial charge on any atom is -0.495 e. The van der Waals surface area contributed by atoms with Crippen LogP contribution in [-0.2, 0) is 21.0 Å². The average Bonchev–Trinajstić information content (AvgIpc) is 2.83. The van der Waals surface area contributed by atoms with Crippen LogP contribution in [0.15, 0.2) is 71.6 Å². The van der Waals surface area contributed by atoms with Crippen molar-refractivity contribution in [3.05, 3.63) is 77.9 Å². The normalized spacial score (nSPS) is 11.6. The molecule has 0 spiro atoms. The zero-order valence-electron chi connectivity index (χ0n) is 19.8. The molecule has 0 aliphatic rings. The lowest BCUT2D eigenvalue weighted by atomic mass is 10.2. The molecule has 0 fully saturated rings. The predicted octanol–water partition coefficient (Wildman–Crippen LogP) is 5.26. The molecule has 0 unspecified atom stereocenters. The van der Waals surface area contributed by atoms with Gasteiger partial charge in [-0.15, -0.1) is 0 Å². The first-order valence-corrected chi connectivity index (χ1v) is 12.3. The lowest BCUT2D eigenvalue weighted by Gasteiger charge is -2.25. The lowest BCUT2D eigenvalue weighted by Crippen LogP contribution is -2.38. The smallest absolute Gasteiger partial charge is 0.416 e. The highest BCUT2D eigenvalue weighted by atomic mass is 32.2. The fraction of sp³-hybridized carbons (Fsp3) is 0.240. The first-order chi connectivity index (χ1) is 17.0. The number of alkyl halides is 3. The fourth-order valence-electron chi connectivity index (χ4n) is 3.40. The Hall–Kier alpha value is -3.73. The Bertz CT molecular complexity index is 1330. The summed E-state index contributed by atoms with van der Waals surface area (Å²) < 4.78 is 78.1. The largest absolute Gasteiger partial charge is 0.495 e. The van der Waals surface area contributed by atoms with Gasteiger partial charge in [0, 0.05) is 5.69 Å². The van der Waals surface area contributed by atoms with Gasteiger partial charge < -0.3 is 14.8 Å². The number of carbonyl (C=O) groups excluding carboxylic acids is 1. The number of benzene rings is 3. The number of ether oxygens (including phenoxy) is 2. The first kappa shape index (κ1) is 26.9. The molecule has 192 valence electrons. The molecule has 0 aliphatic heterocycles. The second-order valence-electron chi connectivity index (χ2n) is 7.72. The molecule has 0 radical (unpaired) electrons. The Kier molecular flexibility index (Phi) is 8.13. The molecule has 11 heteroatoms. The second-order valence-corrected chi connectivity index (χ2v) is 9.55. The Labute approximate surface area is 207 Å². The summed E-state index contributed by atoms with van der Waals surface area (Å²) in [6.07, 6.45) is -4.60. The number of aryl methyl sites for hydroxylation is 1. The first-order valence-electron chi connectivity index (χ1n) is 10.8. The van der Waals surface area contributed by atoms with Gasteiger partial charge in [-0.3, -0.25) is 9.10 Å². The SMILES string of the molecule is CCOc1ccc(N(CC(=O)Nc2cccc(C(F)(F)F)c2)S(=O)(=O)c2cc(C)ccc2OC)cc1. The molecule has 0 aromatic heterocycles. The molecule has 3 aromatic carbocycles. The molecule has 1 N–H and O–H groups in total. The number of anilines is 2. The third-order valence-electron chi connectivity index (χ3n) is 5.08. The van der Waals surface area contributed by atoms with Crippen LogP contribution in [0.1, 0.15) is 18.1 Å². The summed E-state index contributed by atoms with van der Waals surface area (Å²) in [5.74, 6) is -0.256. The molecule has 0 saturated heterocycles. The Balaban J connectivity index is 1.99. The van der Waals surface area contributed by atoms with Crippen LogP contribution >= 0.6 is 0 Å². The number of rotatable bonds is 9. The molecule has 0 bridgehead atoms. The van der Waals surface area contributed by atoms with Gasteiger partial charge in [-0.1, -0.05) is 12.1 Å². The van der Waals surface area contributed by atoms with Crippen molar-refractivity contribution in [2.45, 2.75) is 24.9 Å². The highest BCUT2D eigenvalue weighted by Crippen LogP contribution is 2.33.